The lowest BCUT2D eigenvalue weighted by atomic mass is 9.93. The number of piperazine rings is 1. The van der Waals surface area contributed by atoms with Gasteiger partial charge in [0.2, 0.25) is 0 Å². The molecule has 8 heteroatoms. The van der Waals surface area contributed by atoms with Gasteiger partial charge < -0.3 is 19.3 Å². The van der Waals surface area contributed by atoms with Gasteiger partial charge in [0.1, 0.15) is 11.4 Å². The number of ether oxygens (including phenoxy) is 2. The van der Waals surface area contributed by atoms with Crippen LogP contribution in [0.25, 0.3) is 0 Å². The van der Waals surface area contributed by atoms with E-state index < -0.39 is 23.3 Å². The zero-order valence-corrected chi connectivity index (χ0v) is 17.4. The molecule has 0 bridgehead atoms. The van der Waals surface area contributed by atoms with Gasteiger partial charge in [-0.25, -0.2) is 9.18 Å². The first-order valence-electron chi connectivity index (χ1n) is 9.63. The molecule has 0 saturated carbocycles. The van der Waals surface area contributed by atoms with E-state index in [1.807, 2.05) is 31.7 Å². The number of benzene rings is 1. The molecule has 158 valence electrons. The van der Waals surface area contributed by atoms with Crippen LogP contribution in [0.1, 0.15) is 45.1 Å². The van der Waals surface area contributed by atoms with Crippen LogP contribution in [-0.4, -0.2) is 55.9 Å². The lowest BCUT2D eigenvalue weighted by molar-refractivity contribution is -0.142. The van der Waals surface area contributed by atoms with Crippen LogP contribution in [0.4, 0.5) is 14.9 Å². The largest absolute Gasteiger partial charge is 0.469 e. The van der Waals surface area contributed by atoms with E-state index in [-0.39, 0.29) is 24.5 Å². The molecule has 1 saturated heterocycles. The Morgan fingerprint density at radius 2 is 1.90 bits per heavy atom. The molecule has 2 rings (SSSR count). The predicted molar refractivity (Wildman–Crippen MR) is 106 cm³/mol. The van der Waals surface area contributed by atoms with Gasteiger partial charge in [-0.2, -0.15) is 5.26 Å². The molecule has 1 aliphatic rings. The number of anilines is 1. The third-order valence-corrected chi connectivity index (χ3v) is 4.69. The van der Waals surface area contributed by atoms with Crippen molar-refractivity contribution in [3.05, 3.63) is 29.6 Å². The smallest absolute Gasteiger partial charge is 0.410 e. The third-order valence-electron chi connectivity index (χ3n) is 4.69. The highest BCUT2D eigenvalue weighted by Crippen LogP contribution is 2.29. The quantitative estimate of drug-likeness (QED) is 0.698. The molecule has 0 radical (unpaired) electrons. The van der Waals surface area contributed by atoms with Crippen molar-refractivity contribution in [1.29, 1.82) is 5.26 Å². The summed E-state index contributed by atoms with van der Waals surface area (Å²) in [6.07, 6.45) is -0.0150. The number of methoxy groups -OCH3 is 1. The summed E-state index contributed by atoms with van der Waals surface area (Å²) in [7, 11) is 1.25. The van der Waals surface area contributed by atoms with Crippen LogP contribution >= 0.6 is 0 Å². The summed E-state index contributed by atoms with van der Waals surface area (Å²) in [6.45, 7) is 7.52. The molecule has 0 aliphatic carbocycles. The van der Waals surface area contributed by atoms with Gasteiger partial charge >= 0.3 is 12.1 Å². The molecule has 0 spiro atoms. The Hall–Kier alpha value is -2.82. The number of nitriles is 1. The molecule has 1 fully saturated rings. The number of halogens is 1. The molecule has 7 nitrogen and oxygen atoms in total. The third kappa shape index (κ3) is 6.08. The Balaban J connectivity index is 2.06. The fraction of sp³-hybridized carbons (Fsp3) is 0.571. The lowest BCUT2D eigenvalue weighted by Gasteiger charge is -2.36. The van der Waals surface area contributed by atoms with E-state index in [1.54, 1.807) is 17.0 Å². The Kier molecular flexibility index (Phi) is 7.43. The van der Waals surface area contributed by atoms with Gasteiger partial charge in [0, 0.05) is 43.9 Å². The number of hydrogen-bond donors (Lipinski definition) is 0. The van der Waals surface area contributed by atoms with Crippen molar-refractivity contribution in [1.82, 2.24) is 4.90 Å². The molecule has 0 N–H and O–H groups in total. The minimum Gasteiger partial charge on any atom is -0.469 e. The minimum atomic E-state index is -0.808. The zero-order chi connectivity index (χ0) is 21.6. The number of carbonyl (C=O) groups is 2. The van der Waals surface area contributed by atoms with E-state index >= 15 is 0 Å². The van der Waals surface area contributed by atoms with Gasteiger partial charge in [-0.05, 0) is 39.3 Å². The standard InChI is InChI=1S/C21H28FN3O4/c1-21(2,3)29-20(27)25-12-10-24(11-13-25)15-7-8-16(18(22)14-15)17(6-5-9-23)19(26)28-4/h7-8,14,17H,5-6,10-13H2,1-4H3. The second kappa shape index (κ2) is 9.59. The number of carbonyl (C=O) groups excluding carboxylic acids is 2. The highest BCUT2D eigenvalue weighted by atomic mass is 19.1. The SMILES string of the molecule is COC(=O)C(CCC#N)c1ccc(N2CCN(C(=O)OC(C)(C)C)CC2)cc1F. The summed E-state index contributed by atoms with van der Waals surface area (Å²) in [5.74, 6) is -1.87. The summed E-state index contributed by atoms with van der Waals surface area (Å²) in [6, 6.07) is 6.69. The fourth-order valence-corrected chi connectivity index (χ4v) is 3.22. The van der Waals surface area contributed by atoms with Crippen molar-refractivity contribution in [3.8, 4) is 6.07 Å². The zero-order valence-electron chi connectivity index (χ0n) is 17.4. The summed E-state index contributed by atoms with van der Waals surface area (Å²) in [5.41, 5.74) is 0.358. The van der Waals surface area contributed by atoms with Gasteiger partial charge in [0.25, 0.3) is 0 Å². The topological polar surface area (TPSA) is 82.9 Å². The highest BCUT2D eigenvalue weighted by molar-refractivity contribution is 5.78. The van der Waals surface area contributed by atoms with Crippen LogP contribution in [0.3, 0.4) is 0 Å². The first kappa shape index (κ1) is 22.5. The van der Waals surface area contributed by atoms with Crippen molar-refractivity contribution in [3.63, 3.8) is 0 Å². The van der Waals surface area contributed by atoms with Crippen molar-refractivity contribution in [2.75, 3.05) is 38.2 Å². The van der Waals surface area contributed by atoms with Crippen molar-refractivity contribution in [2.24, 2.45) is 0 Å². The maximum atomic E-state index is 14.8. The van der Waals surface area contributed by atoms with Crippen LogP contribution in [-0.2, 0) is 14.3 Å². The van der Waals surface area contributed by atoms with Gasteiger partial charge in [0.05, 0.1) is 19.1 Å². The molecule has 1 amide bonds. The van der Waals surface area contributed by atoms with Crippen LogP contribution in [0.5, 0.6) is 0 Å². The van der Waals surface area contributed by atoms with Crippen LogP contribution in [0.2, 0.25) is 0 Å². The first-order valence-corrected chi connectivity index (χ1v) is 9.63. The first-order chi connectivity index (χ1) is 13.7. The molecule has 1 aliphatic heterocycles. The number of nitrogens with zero attached hydrogens (tertiary/aromatic N) is 3. The number of rotatable bonds is 5. The van der Waals surface area contributed by atoms with Crippen LogP contribution in [0.15, 0.2) is 18.2 Å². The molecule has 0 aromatic heterocycles. The Morgan fingerprint density at radius 1 is 1.24 bits per heavy atom. The molecule has 1 aromatic carbocycles. The summed E-state index contributed by atoms with van der Waals surface area (Å²) in [4.78, 5) is 27.8. The summed E-state index contributed by atoms with van der Waals surface area (Å²) >= 11 is 0. The normalized spacial score (nSPS) is 15.4. The van der Waals surface area contributed by atoms with E-state index in [9.17, 15) is 14.0 Å². The molecule has 1 unspecified atom stereocenters. The Labute approximate surface area is 171 Å². The van der Waals surface area contributed by atoms with E-state index in [4.69, 9.17) is 14.7 Å². The van der Waals surface area contributed by atoms with Crippen molar-refractivity contribution >= 4 is 17.7 Å². The summed E-state index contributed by atoms with van der Waals surface area (Å²) < 4.78 is 24.9. The second-order valence-corrected chi connectivity index (χ2v) is 7.93. The maximum Gasteiger partial charge on any atom is 0.410 e. The van der Waals surface area contributed by atoms with Crippen molar-refractivity contribution < 1.29 is 23.5 Å². The summed E-state index contributed by atoms with van der Waals surface area (Å²) in [5, 5.41) is 8.78. The van der Waals surface area contributed by atoms with E-state index in [0.29, 0.717) is 31.9 Å². The van der Waals surface area contributed by atoms with Gasteiger partial charge in [-0.1, -0.05) is 6.07 Å². The second-order valence-electron chi connectivity index (χ2n) is 7.93. The Morgan fingerprint density at radius 3 is 2.41 bits per heavy atom. The van der Waals surface area contributed by atoms with E-state index in [0.717, 1.165) is 0 Å². The average molecular weight is 405 g/mol. The number of hydrogen-bond acceptors (Lipinski definition) is 6. The molecular formula is C21H28FN3O4. The van der Waals surface area contributed by atoms with E-state index in [1.165, 1.54) is 13.2 Å². The molecular weight excluding hydrogens is 377 g/mol. The van der Waals surface area contributed by atoms with E-state index in [2.05, 4.69) is 0 Å². The van der Waals surface area contributed by atoms with Gasteiger partial charge in [-0.3, -0.25) is 4.79 Å². The number of amides is 1. The molecule has 1 atom stereocenters. The Bertz CT molecular complexity index is 777. The highest BCUT2D eigenvalue weighted by Gasteiger charge is 2.28. The maximum absolute atomic E-state index is 14.8. The van der Waals surface area contributed by atoms with Gasteiger partial charge in [-0.15, -0.1) is 0 Å². The van der Waals surface area contributed by atoms with Gasteiger partial charge in [0.15, 0.2) is 0 Å². The van der Waals surface area contributed by atoms with Crippen LogP contribution in [0, 0.1) is 17.1 Å². The molecule has 1 aromatic rings. The molecule has 29 heavy (non-hydrogen) atoms. The van der Waals surface area contributed by atoms with Crippen molar-refractivity contribution in [2.45, 2.75) is 45.1 Å². The molecule has 1 heterocycles. The lowest BCUT2D eigenvalue weighted by Crippen LogP contribution is -2.50. The fourth-order valence-electron chi connectivity index (χ4n) is 3.22. The number of esters is 1. The van der Waals surface area contributed by atoms with Crippen LogP contribution < -0.4 is 4.90 Å². The predicted octanol–water partition coefficient (Wildman–Crippen LogP) is 3.44. The minimum absolute atomic E-state index is 0.133. The average Bonchev–Trinajstić information content (AvgIpc) is 2.67. The monoisotopic (exact) mass is 405 g/mol.